The predicted octanol–water partition coefficient (Wildman–Crippen LogP) is 2.75. The third-order valence-electron chi connectivity index (χ3n) is 4.25. The van der Waals surface area contributed by atoms with Crippen LogP contribution in [0.25, 0.3) is 21.8 Å². The summed E-state index contributed by atoms with van der Waals surface area (Å²) in [4.78, 5) is 40.7. The molecule has 0 saturated carbocycles. The summed E-state index contributed by atoms with van der Waals surface area (Å²) in [6.45, 7) is 3.41. The average molecular weight is 385 g/mol. The summed E-state index contributed by atoms with van der Waals surface area (Å²) in [5.74, 6) is -1.63. The number of aromatic amines is 1. The summed E-state index contributed by atoms with van der Waals surface area (Å²) in [5, 5.41) is 10.7. The molecule has 8 heteroatoms. The van der Waals surface area contributed by atoms with Crippen molar-refractivity contribution in [1.29, 1.82) is 0 Å². The van der Waals surface area contributed by atoms with Gasteiger partial charge in [-0.3, -0.25) is 4.79 Å². The minimum Gasteiger partial charge on any atom is -0.506 e. The molecule has 0 fully saturated rings. The number of phenolic OH excluding ortho intramolecular Hbond substituents is 1. The Bertz CT molecular complexity index is 1150. The molecule has 0 spiro atoms. The number of esters is 2. The van der Waals surface area contributed by atoms with Crippen molar-refractivity contribution < 1.29 is 28.9 Å². The topological polar surface area (TPSA) is 115 Å². The summed E-state index contributed by atoms with van der Waals surface area (Å²) in [6, 6.07) is 5.89. The molecule has 0 bridgehead atoms. The van der Waals surface area contributed by atoms with Gasteiger partial charge >= 0.3 is 11.9 Å². The minimum absolute atomic E-state index is 0.0560. The number of ether oxygens (including phenoxy) is 3. The lowest BCUT2D eigenvalue weighted by Gasteiger charge is -2.13. The van der Waals surface area contributed by atoms with Gasteiger partial charge in [0.2, 0.25) is 5.43 Å². The van der Waals surface area contributed by atoms with E-state index in [-0.39, 0.29) is 40.6 Å². The number of benzene rings is 2. The van der Waals surface area contributed by atoms with Crippen molar-refractivity contribution >= 4 is 33.7 Å². The largest absolute Gasteiger partial charge is 0.506 e. The molecule has 0 saturated heterocycles. The van der Waals surface area contributed by atoms with Gasteiger partial charge in [0.1, 0.15) is 17.1 Å². The van der Waals surface area contributed by atoms with Gasteiger partial charge in [0, 0.05) is 11.5 Å². The SMILES string of the molecule is CCOC(=O)c1cc(C(=O)OCC)c2[nH]c3cc(OC)ccc3c(=O)c2c1O. The summed E-state index contributed by atoms with van der Waals surface area (Å²) < 4.78 is 15.1. The Morgan fingerprint density at radius 2 is 1.68 bits per heavy atom. The Kier molecular flexibility index (Phi) is 5.21. The zero-order valence-electron chi connectivity index (χ0n) is 15.6. The molecule has 28 heavy (non-hydrogen) atoms. The van der Waals surface area contributed by atoms with Crippen LogP contribution in [0.4, 0.5) is 0 Å². The van der Waals surface area contributed by atoms with Crippen molar-refractivity contribution in [2.45, 2.75) is 13.8 Å². The van der Waals surface area contributed by atoms with Gasteiger partial charge in [0.25, 0.3) is 0 Å². The van der Waals surface area contributed by atoms with Crippen LogP contribution in [0.1, 0.15) is 34.6 Å². The van der Waals surface area contributed by atoms with Gasteiger partial charge in [-0.25, -0.2) is 9.59 Å². The van der Waals surface area contributed by atoms with Crippen LogP contribution in [-0.2, 0) is 9.47 Å². The molecule has 0 aliphatic rings. The van der Waals surface area contributed by atoms with E-state index >= 15 is 0 Å². The van der Waals surface area contributed by atoms with Gasteiger partial charge in [-0.1, -0.05) is 0 Å². The molecule has 0 unspecified atom stereocenters. The van der Waals surface area contributed by atoms with Gasteiger partial charge in [-0.05, 0) is 32.0 Å². The van der Waals surface area contributed by atoms with Gasteiger partial charge < -0.3 is 24.3 Å². The summed E-state index contributed by atoms with van der Waals surface area (Å²) >= 11 is 0. The van der Waals surface area contributed by atoms with E-state index in [0.717, 1.165) is 6.07 Å². The van der Waals surface area contributed by atoms with Crippen LogP contribution in [0.5, 0.6) is 11.5 Å². The molecule has 146 valence electrons. The first-order valence-electron chi connectivity index (χ1n) is 8.66. The second-order valence-corrected chi connectivity index (χ2v) is 5.88. The number of H-pyrrole nitrogens is 1. The lowest BCUT2D eigenvalue weighted by atomic mass is 10.0. The third kappa shape index (κ3) is 3.13. The zero-order valence-corrected chi connectivity index (χ0v) is 15.6. The molecule has 0 aliphatic carbocycles. The zero-order chi connectivity index (χ0) is 20.4. The first kappa shape index (κ1) is 19.2. The lowest BCUT2D eigenvalue weighted by Crippen LogP contribution is -2.14. The van der Waals surface area contributed by atoms with Crippen molar-refractivity contribution in [3.8, 4) is 11.5 Å². The highest BCUT2D eigenvalue weighted by atomic mass is 16.5. The van der Waals surface area contributed by atoms with Crippen LogP contribution < -0.4 is 10.2 Å². The average Bonchev–Trinajstić information content (AvgIpc) is 2.68. The number of carbonyl (C=O) groups is 2. The van der Waals surface area contributed by atoms with Crippen LogP contribution in [0, 0.1) is 0 Å². The summed E-state index contributed by atoms with van der Waals surface area (Å²) in [7, 11) is 1.49. The van der Waals surface area contributed by atoms with E-state index in [1.165, 1.54) is 13.2 Å². The molecule has 2 aromatic carbocycles. The monoisotopic (exact) mass is 385 g/mol. The molecular weight excluding hydrogens is 366 g/mol. The fraction of sp³-hybridized carbons (Fsp3) is 0.250. The quantitative estimate of drug-likeness (QED) is 0.512. The molecule has 1 aromatic heterocycles. The predicted molar refractivity (Wildman–Crippen MR) is 102 cm³/mol. The van der Waals surface area contributed by atoms with Crippen molar-refractivity contribution in [3.05, 3.63) is 45.6 Å². The second-order valence-electron chi connectivity index (χ2n) is 5.88. The van der Waals surface area contributed by atoms with Crippen LogP contribution in [0.2, 0.25) is 0 Å². The summed E-state index contributed by atoms with van der Waals surface area (Å²) in [5.41, 5.74) is -0.406. The number of rotatable bonds is 5. The van der Waals surface area contributed by atoms with E-state index in [9.17, 15) is 19.5 Å². The van der Waals surface area contributed by atoms with Crippen LogP contribution in [0.3, 0.4) is 0 Å². The van der Waals surface area contributed by atoms with E-state index in [0.29, 0.717) is 11.3 Å². The van der Waals surface area contributed by atoms with E-state index < -0.39 is 23.1 Å². The molecule has 3 rings (SSSR count). The van der Waals surface area contributed by atoms with E-state index in [2.05, 4.69) is 4.98 Å². The minimum atomic E-state index is -0.846. The van der Waals surface area contributed by atoms with E-state index in [1.807, 2.05) is 0 Å². The Morgan fingerprint density at radius 1 is 1.04 bits per heavy atom. The fourth-order valence-electron chi connectivity index (χ4n) is 2.98. The number of nitrogens with one attached hydrogen (secondary N) is 1. The van der Waals surface area contributed by atoms with E-state index in [1.54, 1.807) is 26.0 Å². The number of hydrogen-bond donors (Lipinski definition) is 2. The van der Waals surface area contributed by atoms with Crippen LogP contribution in [0.15, 0.2) is 29.1 Å². The van der Waals surface area contributed by atoms with Crippen molar-refractivity contribution in [1.82, 2.24) is 4.98 Å². The molecule has 0 atom stereocenters. The molecule has 0 aliphatic heterocycles. The van der Waals surface area contributed by atoms with Gasteiger partial charge in [-0.2, -0.15) is 0 Å². The standard InChI is InChI=1S/C20H19NO7/c1-4-27-19(24)12-9-13(20(25)28-5-2)18(23)15-16(12)21-14-8-10(26-3)6-7-11(14)17(15)22/h6-9,23H,4-5H2,1-3H3,(H,21,22). The molecule has 1 heterocycles. The molecule has 2 N–H and O–H groups in total. The number of methoxy groups -OCH3 is 1. The lowest BCUT2D eigenvalue weighted by molar-refractivity contribution is 0.0523. The van der Waals surface area contributed by atoms with Crippen molar-refractivity contribution in [3.63, 3.8) is 0 Å². The van der Waals surface area contributed by atoms with Gasteiger partial charge in [-0.15, -0.1) is 0 Å². The van der Waals surface area contributed by atoms with Crippen molar-refractivity contribution in [2.75, 3.05) is 20.3 Å². The first-order chi connectivity index (χ1) is 13.4. The smallest absolute Gasteiger partial charge is 0.341 e. The summed E-state index contributed by atoms with van der Waals surface area (Å²) in [6.07, 6.45) is 0. The Labute approximate surface area is 159 Å². The Morgan fingerprint density at radius 3 is 2.29 bits per heavy atom. The number of phenols is 1. The number of pyridine rings is 1. The molecule has 3 aromatic rings. The number of carbonyl (C=O) groups excluding carboxylic acids is 2. The number of aromatic hydroxyl groups is 1. The second kappa shape index (κ2) is 7.59. The highest BCUT2D eigenvalue weighted by Gasteiger charge is 2.25. The fourth-order valence-corrected chi connectivity index (χ4v) is 2.98. The normalized spacial score (nSPS) is 10.8. The first-order valence-corrected chi connectivity index (χ1v) is 8.66. The van der Waals surface area contributed by atoms with Gasteiger partial charge in [0.15, 0.2) is 0 Å². The van der Waals surface area contributed by atoms with Crippen LogP contribution in [-0.4, -0.2) is 42.4 Å². The highest BCUT2D eigenvalue weighted by molar-refractivity contribution is 6.11. The number of hydrogen-bond acceptors (Lipinski definition) is 7. The maximum absolute atomic E-state index is 13.0. The third-order valence-corrected chi connectivity index (χ3v) is 4.25. The molecule has 8 nitrogen and oxygen atoms in total. The molecule has 0 radical (unpaired) electrons. The van der Waals surface area contributed by atoms with Crippen molar-refractivity contribution in [2.24, 2.45) is 0 Å². The molecule has 0 amide bonds. The molecular formula is C20H19NO7. The Balaban J connectivity index is 2.45. The van der Waals surface area contributed by atoms with E-state index in [4.69, 9.17) is 14.2 Å². The highest BCUT2D eigenvalue weighted by Crippen LogP contribution is 2.32. The van der Waals surface area contributed by atoms with Crippen LogP contribution >= 0.6 is 0 Å². The maximum Gasteiger partial charge on any atom is 0.341 e. The van der Waals surface area contributed by atoms with Gasteiger partial charge in [0.05, 0.1) is 42.3 Å². The maximum atomic E-state index is 13.0. The Hall–Kier alpha value is -3.55. The number of fused-ring (bicyclic) bond motifs is 2. The number of aromatic nitrogens is 1.